The minimum absolute atomic E-state index is 0.180. The van der Waals surface area contributed by atoms with Crippen molar-refractivity contribution >= 4 is 11.9 Å². The number of rotatable bonds is 5. The van der Waals surface area contributed by atoms with E-state index in [9.17, 15) is 9.59 Å². The third-order valence-corrected chi connectivity index (χ3v) is 4.18. The van der Waals surface area contributed by atoms with E-state index in [-0.39, 0.29) is 12.5 Å². The molecule has 6 nitrogen and oxygen atoms in total. The molecule has 1 amide bonds. The number of aromatic nitrogens is 2. The Morgan fingerprint density at radius 2 is 2.10 bits per heavy atom. The van der Waals surface area contributed by atoms with Crippen LogP contribution in [0, 0.1) is 5.92 Å². The van der Waals surface area contributed by atoms with Gasteiger partial charge in [0.25, 0.3) is 5.91 Å². The molecule has 1 unspecified atom stereocenters. The van der Waals surface area contributed by atoms with E-state index in [4.69, 9.17) is 5.11 Å². The van der Waals surface area contributed by atoms with Gasteiger partial charge in [-0.3, -0.25) is 14.7 Å². The maximum Gasteiger partial charge on any atom is 0.308 e. The molecule has 21 heavy (non-hydrogen) atoms. The van der Waals surface area contributed by atoms with Gasteiger partial charge in [0.15, 0.2) is 0 Å². The van der Waals surface area contributed by atoms with Gasteiger partial charge in [0.05, 0.1) is 5.92 Å². The fourth-order valence-electron chi connectivity index (χ4n) is 2.84. The van der Waals surface area contributed by atoms with Crippen molar-refractivity contribution in [3.05, 3.63) is 17.5 Å². The second kappa shape index (κ2) is 6.74. The van der Waals surface area contributed by atoms with E-state index in [0.29, 0.717) is 11.6 Å². The molecular weight excluding hydrogens is 270 g/mol. The van der Waals surface area contributed by atoms with Crippen LogP contribution in [0.15, 0.2) is 6.07 Å². The minimum atomic E-state index is -0.903. The first kappa shape index (κ1) is 15.5. The van der Waals surface area contributed by atoms with Crippen molar-refractivity contribution in [3.8, 4) is 0 Å². The van der Waals surface area contributed by atoms with Gasteiger partial charge < -0.3 is 10.0 Å². The van der Waals surface area contributed by atoms with Crippen LogP contribution in [-0.4, -0.2) is 45.7 Å². The lowest BCUT2D eigenvalue weighted by Crippen LogP contribution is -2.33. The smallest absolute Gasteiger partial charge is 0.308 e. The van der Waals surface area contributed by atoms with E-state index in [2.05, 4.69) is 10.2 Å². The molecule has 1 aromatic rings. The van der Waals surface area contributed by atoms with Gasteiger partial charge in [-0.15, -0.1) is 0 Å². The molecule has 116 valence electrons. The molecule has 1 heterocycles. The van der Waals surface area contributed by atoms with E-state index in [1.165, 1.54) is 24.2 Å². The Morgan fingerprint density at radius 1 is 1.43 bits per heavy atom. The van der Waals surface area contributed by atoms with Crippen LogP contribution in [0.5, 0.6) is 0 Å². The number of carbonyl (C=O) groups excluding carboxylic acids is 1. The Labute approximate surface area is 124 Å². The second-order valence-corrected chi connectivity index (χ2v) is 5.97. The van der Waals surface area contributed by atoms with Gasteiger partial charge >= 0.3 is 5.97 Å². The van der Waals surface area contributed by atoms with E-state index in [1.807, 2.05) is 6.07 Å². The van der Waals surface area contributed by atoms with Crippen molar-refractivity contribution < 1.29 is 14.7 Å². The highest BCUT2D eigenvalue weighted by Gasteiger charge is 2.23. The van der Waals surface area contributed by atoms with Gasteiger partial charge in [-0.1, -0.05) is 26.2 Å². The molecule has 1 aromatic heterocycles. The zero-order chi connectivity index (χ0) is 15.4. The molecule has 6 heteroatoms. The lowest BCUT2D eigenvalue weighted by Gasteiger charge is -2.20. The van der Waals surface area contributed by atoms with Crippen molar-refractivity contribution in [2.45, 2.75) is 44.9 Å². The summed E-state index contributed by atoms with van der Waals surface area (Å²) in [4.78, 5) is 24.5. The summed E-state index contributed by atoms with van der Waals surface area (Å²) in [6.45, 7) is 1.77. The number of carboxylic acids is 1. The summed E-state index contributed by atoms with van der Waals surface area (Å²) >= 11 is 0. The van der Waals surface area contributed by atoms with Crippen LogP contribution in [0.4, 0.5) is 0 Å². The molecule has 0 spiro atoms. The van der Waals surface area contributed by atoms with Crippen LogP contribution < -0.4 is 0 Å². The van der Waals surface area contributed by atoms with Gasteiger partial charge in [-0.25, -0.2) is 0 Å². The normalized spacial score (nSPS) is 17.4. The highest BCUT2D eigenvalue weighted by molar-refractivity contribution is 5.92. The molecule has 1 atom stereocenters. The Kier molecular flexibility index (Phi) is 4.98. The first-order chi connectivity index (χ1) is 9.99. The number of carboxylic acid groups (broad SMARTS) is 1. The Bertz CT molecular complexity index is 506. The SMILES string of the molecule is CC(CN(C)C(=O)c1cc(C2CCCCC2)[nH]n1)C(=O)O. The topological polar surface area (TPSA) is 86.3 Å². The Balaban J connectivity index is 1.99. The summed E-state index contributed by atoms with van der Waals surface area (Å²) in [5, 5.41) is 16.0. The van der Waals surface area contributed by atoms with Gasteiger partial charge in [0.2, 0.25) is 0 Å². The maximum atomic E-state index is 12.2. The van der Waals surface area contributed by atoms with E-state index < -0.39 is 11.9 Å². The first-order valence-electron chi connectivity index (χ1n) is 7.52. The van der Waals surface area contributed by atoms with Crippen molar-refractivity contribution in [3.63, 3.8) is 0 Å². The molecule has 2 N–H and O–H groups in total. The number of hydrogen-bond acceptors (Lipinski definition) is 3. The van der Waals surface area contributed by atoms with Gasteiger partial charge in [0.1, 0.15) is 5.69 Å². The zero-order valence-electron chi connectivity index (χ0n) is 12.6. The standard InChI is InChI=1S/C15H23N3O3/c1-10(15(20)21)9-18(2)14(19)13-8-12(16-17-13)11-6-4-3-5-7-11/h8,10-11H,3-7,9H2,1-2H3,(H,16,17)(H,20,21). The summed E-state index contributed by atoms with van der Waals surface area (Å²) in [6, 6.07) is 1.82. The third kappa shape index (κ3) is 3.83. The van der Waals surface area contributed by atoms with Crippen LogP contribution in [0.1, 0.15) is 61.1 Å². The number of H-pyrrole nitrogens is 1. The van der Waals surface area contributed by atoms with Gasteiger partial charge in [-0.05, 0) is 18.9 Å². The van der Waals surface area contributed by atoms with Crippen LogP contribution in [-0.2, 0) is 4.79 Å². The Morgan fingerprint density at radius 3 is 2.71 bits per heavy atom. The molecule has 1 fully saturated rings. The highest BCUT2D eigenvalue weighted by Crippen LogP contribution is 2.31. The molecule has 1 saturated carbocycles. The number of nitrogens with zero attached hydrogens (tertiary/aromatic N) is 2. The van der Waals surface area contributed by atoms with Crippen molar-refractivity contribution in [1.29, 1.82) is 0 Å². The van der Waals surface area contributed by atoms with Crippen LogP contribution in [0.3, 0.4) is 0 Å². The van der Waals surface area contributed by atoms with Crippen LogP contribution >= 0.6 is 0 Å². The predicted molar refractivity (Wildman–Crippen MR) is 78.2 cm³/mol. The summed E-state index contributed by atoms with van der Waals surface area (Å²) in [6.07, 6.45) is 6.02. The molecular formula is C15H23N3O3. The summed E-state index contributed by atoms with van der Waals surface area (Å²) in [7, 11) is 1.61. The number of amides is 1. The van der Waals surface area contributed by atoms with Crippen LogP contribution in [0.25, 0.3) is 0 Å². The molecule has 0 aliphatic heterocycles. The largest absolute Gasteiger partial charge is 0.481 e. The number of aromatic amines is 1. The predicted octanol–water partition coefficient (Wildman–Crippen LogP) is 2.25. The lowest BCUT2D eigenvalue weighted by atomic mass is 9.87. The molecule has 0 bridgehead atoms. The summed E-state index contributed by atoms with van der Waals surface area (Å²) in [5.74, 6) is -1.26. The quantitative estimate of drug-likeness (QED) is 0.871. The third-order valence-electron chi connectivity index (χ3n) is 4.18. The number of carbonyl (C=O) groups is 2. The monoisotopic (exact) mass is 293 g/mol. The fourth-order valence-corrected chi connectivity index (χ4v) is 2.84. The molecule has 1 aliphatic carbocycles. The summed E-state index contributed by atoms with van der Waals surface area (Å²) < 4.78 is 0. The summed E-state index contributed by atoms with van der Waals surface area (Å²) in [5.41, 5.74) is 1.40. The Hall–Kier alpha value is -1.85. The van der Waals surface area contributed by atoms with Crippen molar-refractivity contribution in [2.75, 3.05) is 13.6 Å². The van der Waals surface area contributed by atoms with E-state index in [0.717, 1.165) is 18.5 Å². The molecule has 1 aliphatic rings. The minimum Gasteiger partial charge on any atom is -0.481 e. The highest BCUT2D eigenvalue weighted by atomic mass is 16.4. The molecule has 2 rings (SSSR count). The average molecular weight is 293 g/mol. The number of nitrogens with one attached hydrogen (secondary N) is 1. The molecule has 0 radical (unpaired) electrons. The average Bonchev–Trinajstić information content (AvgIpc) is 2.96. The zero-order valence-corrected chi connectivity index (χ0v) is 12.6. The number of aliphatic carboxylic acids is 1. The van der Waals surface area contributed by atoms with Gasteiger partial charge in [0, 0.05) is 25.2 Å². The molecule has 0 saturated heterocycles. The van der Waals surface area contributed by atoms with Crippen molar-refractivity contribution in [2.24, 2.45) is 5.92 Å². The van der Waals surface area contributed by atoms with E-state index >= 15 is 0 Å². The maximum absolute atomic E-state index is 12.2. The second-order valence-electron chi connectivity index (χ2n) is 5.97. The van der Waals surface area contributed by atoms with Gasteiger partial charge in [-0.2, -0.15) is 5.10 Å². The van der Waals surface area contributed by atoms with Crippen molar-refractivity contribution in [1.82, 2.24) is 15.1 Å². The molecule has 0 aromatic carbocycles. The fraction of sp³-hybridized carbons (Fsp3) is 0.667. The lowest BCUT2D eigenvalue weighted by molar-refractivity contribution is -0.141. The number of hydrogen-bond donors (Lipinski definition) is 2. The van der Waals surface area contributed by atoms with Crippen LogP contribution in [0.2, 0.25) is 0 Å². The first-order valence-corrected chi connectivity index (χ1v) is 7.52. The van der Waals surface area contributed by atoms with E-state index in [1.54, 1.807) is 14.0 Å².